The molecular weight excluding hydrogens is 308 g/mol. The van der Waals surface area contributed by atoms with Gasteiger partial charge in [0.15, 0.2) is 8.32 Å². The first-order chi connectivity index (χ1) is 10.3. The van der Waals surface area contributed by atoms with Crippen LogP contribution in [0.1, 0.15) is 54.4 Å². The van der Waals surface area contributed by atoms with Gasteiger partial charge in [-0.1, -0.05) is 20.8 Å². The summed E-state index contributed by atoms with van der Waals surface area (Å²) >= 11 is 0. The maximum absolute atomic E-state index is 12.1. The van der Waals surface area contributed by atoms with Gasteiger partial charge in [0.1, 0.15) is 6.10 Å². The van der Waals surface area contributed by atoms with Gasteiger partial charge in [0, 0.05) is 18.4 Å². The van der Waals surface area contributed by atoms with Crippen LogP contribution in [0.15, 0.2) is 11.8 Å². The third-order valence-electron chi connectivity index (χ3n) is 5.16. The van der Waals surface area contributed by atoms with Gasteiger partial charge >= 0.3 is 5.97 Å². The van der Waals surface area contributed by atoms with E-state index >= 15 is 0 Å². The average molecular weight is 341 g/mol. The van der Waals surface area contributed by atoms with Crippen LogP contribution in [0.5, 0.6) is 0 Å². The van der Waals surface area contributed by atoms with E-state index < -0.39 is 8.32 Å². The number of carbonyl (C=O) groups is 1. The van der Waals surface area contributed by atoms with Crippen molar-refractivity contribution in [1.29, 1.82) is 0 Å². The van der Waals surface area contributed by atoms with Crippen LogP contribution in [0.3, 0.4) is 0 Å². The summed E-state index contributed by atoms with van der Waals surface area (Å²) in [7, 11) is -1.80. The fourth-order valence-corrected chi connectivity index (χ4v) is 4.21. The van der Waals surface area contributed by atoms with Gasteiger partial charge in [-0.25, -0.2) is 4.79 Å². The molecule has 5 heteroatoms. The molecule has 0 aromatic carbocycles. The molecule has 0 radical (unpaired) electrons. The number of esters is 1. The zero-order valence-electron chi connectivity index (χ0n) is 15.9. The Morgan fingerprint density at radius 3 is 2.26 bits per heavy atom. The maximum Gasteiger partial charge on any atom is 0.337 e. The van der Waals surface area contributed by atoms with Crippen molar-refractivity contribution < 1.29 is 18.7 Å². The van der Waals surface area contributed by atoms with Crippen LogP contribution in [0.4, 0.5) is 0 Å². The number of ether oxygens (including phenoxy) is 2. The van der Waals surface area contributed by atoms with Crippen molar-refractivity contribution in [2.45, 2.75) is 90.3 Å². The second-order valence-corrected chi connectivity index (χ2v) is 14.1. The van der Waals surface area contributed by atoms with Crippen LogP contribution >= 0.6 is 0 Å². The third-order valence-corrected chi connectivity index (χ3v) is 9.70. The van der Waals surface area contributed by atoms with Gasteiger partial charge in [-0.3, -0.25) is 0 Å². The summed E-state index contributed by atoms with van der Waals surface area (Å²) in [6.07, 6.45) is 3.39. The molecule has 3 atom stereocenters. The van der Waals surface area contributed by atoms with Crippen LogP contribution in [0.25, 0.3) is 0 Å². The molecule has 0 N–H and O–H groups in total. The van der Waals surface area contributed by atoms with E-state index in [2.05, 4.69) is 33.9 Å². The highest BCUT2D eigenvalue weighted by molar-refractivity contribution is 6.74. The van der Waals surface area contributed by atoms with E-state index in [0.29, 0.717) is 5.57 Å². The minimum atomic E-state index is -1.80. The van der Waals surface area contributed by atoms with Gasteiger partial charge < -0.3 is 13.9 Å². The fraction of sp³-hybridized carbons (Fsp3) is 0.833. The Morgan fingerprint density at radius 1 is 1.13 bits per heavy atom. The molecule has 2 rings (SSSR count). The molecule has 1 saturated heterocycles. The summed E-state index contributed by atoms with van der Waals surface area (Å²) < 4.78 is 17.7. The second-order valence-electron chi connectivity index (χ2n) is 9.33. The predicted octanol–water partition coefficient (Wildman–Crippen LogP) is 4.41. The number of hydrogen-bond donors (Lipinski definition) is 0. The Labute approximate surface area is 141 Å². The SMILES string of the molecule is CC(C)(C)O/C=C1\C(=O)OC2CC(O[Si](C)(C)C(C)(C)C)CC12. The Hall–Kier alpha value is -0.813. The predicted molar refractivity (Wildman–Crippen MR) is 93.6 cm³/mol. The first-order valence-corrected chi connectivity index (χ1v) is 11.5. The third kappa shape index (κ3) is 4.18. The summed E-state index contributed by atoms with van der Waals surface area (Å²) in [5.74, 6) is -0.116. The standard InChI is InChI=1S/C18H32O4Si/c1-17(2,3)20-11-14-13-9-12(10-15(13)21-16(14)19)22-23(7,8)18(4,5)6/h11-13,15H,9-10H2,1-8H3/b14-11-. The number of hydrogen-bond acceptors (Lipinski definition) is 4. The minimum absolute atomic E-state index is 0.0490. The van der Waals surface area contributed by atoms with Crippen LogP contribution < -0.4 is 0 Å². The van der Waals surface area contributed by atoms with Crippen molar-refractivity contribution in [1.82, 2.24) is 0 Å². The molecule has 1 heterocycles. The molecule has 2 fully saturated rings. The summed E-state index contributed by atoms with van der Waals surface area (Å²) in [6.45, 7) is 17.2. The quantitative estimate of drug-likeness (QED) is 0.330. The lowest BCUT2D eigenvalue weighted by atomic mass is 9.99. The molecule has 1 saturated carbocycles. The van der Waals surface area contributed by atoms with Crippen molar-refractivity contribution in [3.8, 4) is 0 Å². The van der Waals surface area contributed by atoms with E-state index in [1.54, 1.807) is 6.26 Å². The molecule has 0 spiro atoms. The van der Waals surface area contributed by atoms with Crippen LogP contribution in [-0.4, -0.2) is 32.1 Å². The first-order valence-electron chi connectivity index (χ1n) is 8.57. The smallest absolute Gasteiger partial charge is 0.337 e. The molecule has 0 bridgehead atoms. The Balaban J connectivity index is 2.06. The molecule has 1 aliphatic heterocycles. The molecule has 4 nitrogen and oxygen atoms in total. The topological polar surface area (TPSA) is 44.8 Å². The minimum Gasteiger partial charge on any atom is -0.495 e. The summed E-state index contributed by atoms with van der Waals surface area (Å²) in [6, 6.07) is 0. The van der Waals surface area contributed by atoms with Crippen LogP contribution in [-0.2, 0) is 18.7 Å². The maximum atomic E-state index is 12.1. The largest absolute Gasteiger partial charge is 0.495 e. The lowest BCUT2D eigenvalue weighted by Crippen LogP contribution is -2.43. The molecular formula is C18H32O4Si. The monoisotopic (exact) mass is 340 g/mol. The van der Waals surface area contributed by atoms with E-state index in [0.717, 1.165) is 12.8 Å². The van der Waals surface area contributed by atoms with Gasteiger partial charge in [-0.05, 0) is 45.3 Å². The molecule has 0 amide bonds. The van der Waals surface area contributed by atoms with Gasteiger partial charge in [0.05, 0.1) is 17.4 Å². The summed E-state index contributed by atoms with van der Waals surface area (Å²) in [5, 5.41) is 0.190. The van der Waals surface area contributed by atoms with Crippen molar-refractivity contribution in [2.75, 3.05) is 0 Å². The molecule has 3 unspecified atom stereocenters. The van der Waals surface area contributed by atoms with E-state index in [1.807, 2.05) is 20.8 Å². The molecule has 23 heavy (non-hydrogen) atoms. The van der Waals surface area contributed by atoms with Crippen LogP contribution in [0.2, 0.25) is 18.1 Å². The Morgan fingerprint density at radius 2 is 1.74 bits per heavy atom. The number of carbonyl (C=O) groups excluding carboxylic acids is 1. The Kier molecular flexibility index (Phi) is 4.77. The normalized spacial score (nSPS) is 30.5. The van der Waals surface area contributed by atoms with E-state index in [4.69, 9.17) is 13.9 Å². The molecule has 0 aromatic heterocycles. The van der Waals surface area contributed by atoms with Gasteiger partial charge in [-0.15, -0.1) is 0 Å². The zero-order chi connectivity index (χ0) is 17.6. The second kappa shape index (κ2) is 5.92. The van der Waals surface area contributed by atoms with Crippen molar-refractivity contribution in [3.05, 3.63) is 11.8 Å². The van der Waals surface area contributed by atoms with Crippen molar-refractivity contribution >= 4 is 14.3 Å². The highest BCUT2D eigenvalue weighted by Gasteiger charge is 2.50. The number of fused-ring (bicyclic) bond motifs is 1. The molecule has 1 aliphatic carbocycles. The van der Waals surface area contributed by atoms with Gasteiger partial charge in [0.25, 0.3) is 0 Å². The summed E-state index contributed by atoms with van der Waals surface area (Å²) in [4.78, 5) is 12.1. The first kappa shape index (κ1) is 18.5. The van der Waals surface area contributed by atoms with Crippen molar-refractivity contribution in [2.24, 2.45) is 5.92 Å². The molecule has 2 aliphatic rings. The Bertz CT molecular complexity index is 496. The van der Waals surface area contributed by atoms with Crippen LogP contribution in [0, 0.1) is 5.92 Å². The number of rotatable bonds is 3. The zero-order valence-corrected chi connectivity index (χ0v) is 16.9. The lowest BCUT2D eigenvalue weighted by Gasteiger charge is -2.38. The van der Waals surface area contributed by atoms with Gasteiger partial charge in [0.2, 0.25) is 0 Å². The van der Waals surface area contributed by atoms with Gasteiger partial charge in [-0.2, -0.15) is 0 Å². The molecule has 0 aromatic rings. The highest BCUT2D eigenvalue weighted by atomic mass is 28.4. The van der Waals surface area contributed by atoms with Crippen molar-refractivity contribution in [3.63, 3.8) is 0 Å². The lowest BCUT2D eigenvalue weighted by molar-refractivity contribution is -0.139. The fourth-order valence-electron chi connectivity index (χ4n) is 2.83. The van der Waals surface area contributed by atoms with E-state index in [1.165, 1.54) is 0 Å². The summed E-state index contributed by atoms with van der Waals surface area (Å²) in [5.41, 5.74) is 0.368. The average Bonchev–Trinajstić information content (AvgIpc) is 2.79. The van der Waals surface area contributed by atoms with E-state index in [-0.39, 0.29) is 34.7 Å². The molecule has 132 valence electrons. The highest BCUT2D eigenvalue weighted by Crippen LogP contribution is 2.45. The van der Waals surface area contributed by atoms with E-state index in [9.17, 15) is 4.79 Å².